The topological polar surface area (TPSA) is 38.3 Å². The highest BCUT2D eigenvalue weighted by atomic mass is 16.6. The number of ether oxygens (including phenoxy) is 1. The Hall–Kier alpha value is -1.55. The fourth-order valence-electron chi connectivity index (χ4n) is 2.50. The van der Waals surface area contributed by atoms with Gasteiger partial charge >= 0.3 is 6.09 Å². The second-order valence-electron chi connectivity index (χ2n) is 6.43. The first-order valence-electron chi connectivity index (χ1n) is 7.35. The molecule has 0 atom stereocenters. The second-order valence-corrected chi connectivity index (χ2v) is 6.43. The number of benzene rings is 1. The highest BCUT2D eigenvalue weighted by molar-refractivity contribution is 5.62. The number of hydrogen-bond donors (Lipinski definition) is 1. The van der Waals surface area contributed by atoms with Crippen molar-refractivity contribution in [3.05, 3.63) is 30.3 Å². The molecule has 4 heteroatoms. The third-order valence-electron chi connectivity index (χ3n) is 3.44. The largest absolute Gasteiger partial charge is 0.541 e. The number of nitrogens with zero attached hydrogens (tertiary/aromatic N) is 1. The van der Waals surface area contributed by atoms with Crippen molar-refractivity contribution >= 4 is 11.8 Å². The van der Waals surface area contributed by atoms with Gasteiger partial charge in [0.1, 0.15) is 18.7 Å². The first kappa shape index (κ1) is 14.9. The standard InChI is InChI=1S/C16H25N2O2/c1-16(2,3)20-15(19)18(12-8-5-9-13-18)17-14-10-6-4-7-11-14/h4,6-7,10-11,17H,5,8-9,12-13H2,1-3H3/q+1. The van der Waals surface area contributed by atoms with Crippen LogP contribution in [0.15, 0.2) is 30.3 Å². The van der Waals surface area contributed by atoms with E-state index in [1.807, 2.05) is 51.1 Å². The van der Waals surface area contributed by atoms with Gasteiger partial charge in [0.05, 0.1) is 5.69 Å². The maximum Gasteiger partial charge on any atom is 0.541 e. The molecule has 0 unspecified atom stereocenters. The lowest BCUT2D eigenvalue weighted by atomic mass is 10.1. The zero-order chi connectivity index (χ0) is 14.6. The summed E-state index contributed by atoms with van der Waals surface area (Å²) < 4.78 is 5.82. The van der Waals surface area contributed by atoms with Crippen LogP contribution in [0.5, 0.6) is 0 Å². The zero-order valence-electron chi connectivity index (χ0n) is 12.7. The number of carbonyl (C=O) groups is 1. The van der Waals surface area contributed by atoms with Gasteiger partial charge in [-0.15, -0.1) is 4.59 Å². The van der Waals surface area contributed by atoms with E-state index in [0.717, 1.165) is 31.6 Å². The average Bonchev–Trinajstić information content (AvgIpc) is 2.39. The van der Waals surface area contributed by atoms with Crippen LogP contribution < -0.4 is 5.43 Å². The predicted molar refractivity (Wildman–Crippen MR) is 80.1 cm³/mol. The fraction of sp³-hybridized carbons (Fsp3) is 0.562. The van der Waals surface area contributed by atoms with Crippen LogP contribution in [0.2, 0.25) is 0 Å². The molecule has 4 nitrogen and oxygen atoms in total. The third-order valence-corrected chi connectivity index (χ3v) is 3.44. The summed E-state index contributed by atoms with van der Waals surface area (Å²) >= 11 is 0. The Balaban J connectivity index is 2.19. The Morgan fingerprint density at radius 3 is 2.25 bits per heavy atom. The molecule has 0 bridgehead atoms. The van der Waals surface area contributed by atoms with Crippen LogP contribution in [0.4, 0.5) is 10.5 Å². The minimum absolute atomic E-state index is 0.180. The van der Waals surface area contributed by atoms with Crippen LogP contribution in [0.25, 0.3) is 0 Å². The minimum Gasteiger partial charge on any atom is -0.413 e. The molecule has 20 heavy (non-hydrogen) atoms. The van der Waals surface area contributed by atoms with Crippen LogP contribution in [0.1, 0.15) is 40.0 Å². The average molecular weight is 277 g/mol. The van der Waals surface area contributed by atoms with Gasteiger partial charge in [0, 0.05) is 0 Å². The maximum absolute atomic E-state index is 12.6. The van der Waals surface area contributed by atoms with Crippen molar-refractivity contribution in [3.63, 3.8) is 0 Å². The van der Waals surface area contributed by atoms with Crippen molar-refractivity contribution in [3.8, 4) is 0 Å². The molecule has 110 valence electrons. The smallest absolute Gasteiger partial charge is 0.413 e. The summed E-state index contributed by atoms with van der Waals surface area (Å²) in [5.74, 6) is 0. The van der Waals surface area contributed by atoms with Crippen LogP contribution >= 0.6 is 0 Å². The molecule has 1 aliphatic heterocycles. The van der Waals surface area contributed by atoms with Crippen LogP contribution in [0.3, 0.4) is 0 Å². The summed E-state index contributed by atoms with van der Waals surface area (Å²) in [6.07, 6.45) is 3.08. The minimum atomic E-state index is -0.460. The summed E-state index contributed by atoms with van der Waals surface area (Å²) in [5, 5.41) is 0. The molecule has 2 rings (SSSR count). The highest BCUT2D eigenvalue weighted by Crippen LogP contribution is 2.24. The Morgan fingerprint density at radius 2 is 1.70 bits per heavy atom. The van der Waals surface area contributed by atoms with Crippen LogP contribution in [-0.4, -0.2) is 29.4 Å². The van der Waals surface area contributed by atoms with Crippen molar-refractivity contribution in [2.45, 2.75) is 45.6 Å². The van der Waals surface area contributed by atoms with E-state index in [-0.39, 0.29) is 10.7 Å². The Labute approximate surface area is 121 Å². The van der Waals surface area contributed by atoms with Gasteiger partial charge in [0.2, 0.25) is 0 Å². The van der Waals surface area contributed by atoms with Gasteiger partial charge < -0.3 is 4.74 Å². The molecule has 1 N–H and O–H groups in total. The molecule has 1 aromatic carbocycles. The molecule has 0 aromatic heterocycles. The Morgan fingerprint density at radius 1 is 1.10 bits per heavy atom. The Bertz CT molecular complexity index is 445. The number of para-hydroxylation sites is 1. The fourth-order valence-corrected chi connectivity index (χ4v) is 2.50. The van der Waals surface area contributed by atoms with E-state index in [9.17, 15) is 4.79 Å². The van der Waals surface area contributed by atoms with E-state index < -0.39 is 5.60 Å². The number of anilines is 1. The summed E-state index contributed by atoms with van der Waals surface area (Å²) in [6.45, 7) is 7.29. The Kier molecular flexibility index (Phi) is 4.33. The summed E-state index contributed by atoms with van der Waals surface area (Å²) in [5.41, 5.74) is 3.88. The molecule has 1 fully saturated rings. The molecule has 0 spiro atoms. The lowest BCUT2D eigenvalue weighted by molar-refractivity contribution is -0.842. The molecule has 0 aliphatic carbocycles. The number of hydrogen-bond acceptors (Lipinski definition) is 3. The predicted octanol–water partition coefficient (Wildman–Crippen LogP) is 3.95. The van der Waals surface area contributed by atoms with Crippen molar-refractivity contribution in [1.29, 1.82) is 0 Å². The third kappa shape index (κ3) is 3.73. The number of piperidine rings is 1. The SMILES string of the molecule is CC(C)(C)OC(=O)[N+]1(Nc2ccccc2)CCCCC1. The molecule has 0 saturated carbocycles. The van der Waals surface area contributed by atoms with E-state index in [2.05, 4.69) is 5.43 Å². The number of carbonyl (C=O) groups excluding carboxylic acids is 1. The molecule has 1 heterocycles. The van der Waals surface area contributed by atoms with Crippen molar-refractivity contribution in [2.75, 3.05) is 18.5 Å². The molecule has 1 saturated heterocycles. The van der Waals surface area contributed by atoms with E-state index in [0.29, 0.717) is 0 Å². The van der Waals surface area contributed by atoms with Gasteiger partial charge in [-0.2, -0.15) is 4.79 Å². The first-order valence-corrected chi connectivity index (χ1v) is 7.35. The van der Waals surface area contributed by atoms with Gasteiger partial charge in [-0.1, -0.05) is 18.2 Å². The molecule has 0 radical (unpaired) electrons. The van der Waals surface area contributed by atoms with Crippen molar-refractivity contribution in [2.24, 2.45) is 0 Å². The summed E-state index contributed by atoms with van der Waals surface area (Å²) in [6, 6.07) is 9.88. The van der Waals surface area contributed by atoms with Crippen LogP contribution in [-0.2, 0) is 4.74 Å². The van der Waals surface area contributed by atoms with E-state index in [1.54, 1.807) is 0 Å². The molecular formula is C16H25N2O2+. The number of amides is 1. The summed E-state index contributed by atoms with van der Waals surface area (Å²) in [7, 11) is 0. The molecule has 1 aromatic rings. The highest BCUT2D eigenvalue weighted by Gasteiger charge is 2.43. The zero-order valence-corrected chi connectivity index (χ0v) is 12.7. The molecular weight excluding hydrogens is 252 g/mol. The normalized spacial score (nSPS) is 18.4. The van der Waals surface area contributed by atoms with E-state index >= 15 is 0 Å². The van der Waals surface area contributed by atoms with Gasteiger partial charge in [-0.25, -0.2) is 5.43 Å². The van der Waals surface area contributed by atoms with Gasteiger partial charge in [0.15, 0.2) is 0 Å². The maximum atomic E-state index is 12.6. The molecule has 1 amide bonds. The summed E-state index contributed by atoms with van der Waals surface area (Å²) in [4.78, 5) is 12.6. The number of quaternary nitrogens is 1. The molecule has 1 aliphatic rings. The second kappa shape index (κ2) is 5.83. The quantitative estimate of drug-likeness (QED) is 0.832. The number of rotatable bonds is 2. The van der Waals surface area contributed by atoms with E-state index in [1.165, 1.54) is 6.42 Å². The lowest BCUT2D eigenvalue weighted by Gasteiger charge is -2.38. The van der Waals surface area contributed by atoms with Crippen LogP contribution in [0, 0.1) is 0 Å². The van der Waals surface area contributed by atoms with Gasteiger partial charge in [-0.3, -0.25) is 0 Å². The monoisotopic (exact) mass is 277 g/mol. The van der Waals surface area contributed by atoms with Gasteiger partial charge in [0.25, 0.3) is 0 Å². The number of nitrogens with one attached hydrogen (secondary N) is 1. The first-order chi connectivity index (χ1) is 9.41. The van der Waals surface area contributed by atoms with Gasteiger partial charge in [-0.05, 0) is 52.2 Å². The number of likely N-dealkylation sites (tertiary alicyclic amines) is 1. The lowest BCUT2D eigenvalue weighted by Crippen LogP contribution is -2.60. The van der Waals surface area contributed by atoms with E-state index in [4.69, 9.17) is 4.74 Å². The van der Waals surface area contributed by atoms with Crippen molar-refractivity contribution in [1.82, 2.24) is 0 Å². The van der Waals surface area contributed by atoms with Crippen molar-refractivity contribution < 1.29 is 14.1 Å².